The van der Waals surface area contributed by atoms with Crippen LogP contribution >= 0.6 is 11.6 Å². The van der Waals surface area contributed by atoms with Crippen molar-refractivity contribution in [2.24, 2.45) is 5.92 Å². The quantitative estimate of drug-likeness (QED) is 0.838. The number of aromatic nitrogens is 1. The molecule has 0 aliphatic carbocycles. The molecule has 2 aliphatic heterocycles. The van der Waals surface area contributed by atoms with Crippen LogP contribution in [0.5, 0.6) is 0 Å². The molecule has 2 N–H and O–H groups in total. The van der Waals surface area contributed by atoms with Gasteiger partial charge in [-0.3, -0.25) is 9.59 Å². The minimum atomic E-state index is -0.509. The summed E-state index contributed by atoms with van der Waals surface area (Å²) >= 11 is 5.98. The van der Waals surface area contributed by atoms with Gasteiger partial charge in [-0.2, -0.15) is 0 Å². The molecule has 1 aromatic heterocycles. The highest BCUT2D eigenvalue weighted by Crippen LogP contribution is 2.27. The first kappa shape index (κ1) is 17.3. The van der Waals surface area contributed by atoms with Crippen molar-refractivity contribution in [2.75, 3.05) is 39.3 Å². The van der Waals surface area contributed by atoms with Crippen molar-refractivity contribution < 1.29 is 14.0 Å². The van der Waals surface area contributed by atoms with Gasteiger partial charge in [0.25, 0.3) is 5.91 Å². The second kappa shape index (κ2) is 6.89. The van der Waals surface area contributed by atoms with E-state index in [0.29, 0.717) is 42.8 Å². The number of nitrogens with zero attached hydrogens (tertiary/aromatic N) is 2. The predicted molar refractivity (Wildman–Crippen MR) is 96.7 cm³/mol. The highest BCUT2D eigenvalue weighted by molar-refractivity contribution is 6.35. The van der Waals surface area contributed by atoms with E-state index in [1.165, 1.54) is 6.07 Å². The van der Waals surface area contributed by atoms with E-state index >= 15 is 0 Å². The Bertz CT molecular complexity index is 854. The van der Waals surface area contributed by atoms with Crippen molar-refractivity contribution >= 4 is 34.3 Å². The number of benzene rings is 1. The zero-order valence-corrected chi connectivity index (χ0v) is 15.0. The number of halogens is 2. The van der Waals surface area contributed by atoms with E-state index in [1.54, 1.807) is 17.0 Å². The fourth-order valence-corrected chi connectivity index (χ4v) is 3.90. The molecule has 2 saturated heterocycles. The van der Waals surface area contributed by atoms with Crippen LogP contribution in [0.25, 0.3) is 10.9 Å². The summed E-state index contributed by atoms with van der Waals surface area (Å²) in [7, 11) is 0. The van der Waals surface area contributed by atoms with Crippen LogP contribution in [0.2, 0.25) is 5.02 Å². The van der Waals surface area contributed by atoms with Crippen molar-refractivity contribution in [1.29, 1.82) is 0 Å². The van der Waals surface area contributed by atoms with Gasteiger partial charge >= 0.3 is 0 Å². The van der Waals surface area contributed by atoms with Crippen molar-refractivity contribution in [3.8, 4) is 0 Å². The van der Waals surface area contributed by atoms with Crippen LogP contribution in [0.4, 0.5) is 4.39 Å². The molecule has 1 aromatic carbocycles. The van der Waals surface area contributed by atoms with E-state index in [4.69, 9.17) is 11.6 Å². The van der Waals surface area contributed by atoms with Crippen LogP contribution in [0, 0.1) is 11.7 Å². The molecular formula is C18H20ClFN4O2. The summed E-state index contributed by atoms with van der Waals surface area (Å²) in [5.74, 6) is -0.434. The first-order valence-electron chi connectivity index (χ1n) is 8.80. The lowest BCUT2D eigenvalue weighted by atomic mass is 10.1. The summed E-state index contributed by atoms with van der Waals surface area (Å²) in [6, 6.07) is 4.43. The number of rotatable bonds is 2. The standard InChI is InChI=1S/C18H20ClFN4O2/c19-16-12-9-15(22-14(12)2-1-13(16)20)18(26)24-7-5-23(6-8-24)17(25)11-3-4-21-10-11/h1-2,9,11,21-22H,3-8,10H2/t11-/m1/s1. The molecule has 4 rings (SSSR count). The highest BCUT2D eigenvalue weighted by atomic mass is 35.5. The van der Waals surface area contributed by atoms with Gasteiger partial charge in [-0.15, -0.1) is 0 Å². The van der Waals surface area contributed by atoms with E-state index in [1.807, 2.05) is 4.90 Å². The number of nitrogens with one attached hydrogen (secondary N) is 2. The average Bonchev–Trinajstić information content (AvgIpc) is 3.34. The number of carbonyl (C=O) groups is 2. The molecule has 2 aromatic rings. The molecule has 0 unspecified atom stereocenters. The Kier molecular flexibility index (Phi) is 4.58. The third kappa shape index (κ3) is 3.05. The Labute approximate surface area is 155 Å². The van der Waals surface area contributed by atoms with Crippen LogP contribution in [-0.2, 0) is 4.79 Å². The zero-order chi connectivity index (χ0) is 18.3. The fraction of sp³-hybridized carbons (Fsp3) is 0.444. The molecule has 3 heterocycles. The molecule has 0 bridgehead atoms. The number of hydrogen-bond donors (Lipinski definition) is 2. The molecule has 6 nitrogen and oxygen atoms in total. The summed E-state index contributed by atoms with van der Waals surface area (Å²) in [5, 5.41) is 3.72. The van der Waals surface area contributed by atoms with Crippen molar-refractivity contribution in [3.05, 3.63) is 34.7 Å². The second-order valence-corrected chi connectivity index (χ2v) is 7.19. The largest absolute Gasteiger partial charge is 0.350 e. The number of amides is 2. The van der Waals surface area contributed by atoms with Crippen LogP contribution in [0.1, 0.15) is 16.9 Å². The molecule has 1 atom stereocenters. The van der Waals surface area contributed by atoms with Gasteiger partial charge in [0.05, 0.1) is 10.9 Å². The Hall–Kier alpha value is -2.12. The van der Waals surface area contributed by atoms with Gasteiger partial charge < -0.3 is 20.1 Å². The molecule has 0 radical (unpaired) electrons. The first-order valence-corrected chi connectivity index (χ1v) is 9.18. The van der Waals surface area contributed by atoms with Crippen molar-refractivity contribution in [1.82, 2.24) is 20.1 Å². The number of piperazine rings is 1. The van der Waals surface area contributed by atoms with Gasteiger partial charge in [0.1, 0.15) is 11.5 Å². The first-order chi connectivity index (χ1) is 12.5. The monoisotopic (exact) mass is 378 g/mol. The highest BCUT2D eigenvalue weighted by Gasteiger charge is 2.31. The van der Waals surface area contributed by atoms with Crippen molar-refractivity contribution in [3.63, 3.8) is 0 Å². The zero-order valence-electron chi connectivity index (χ0n) is 14.2. The van der Waals surface area contributed by atoms with E-state index in [0.717, 1.165) is 19.5 Å². The predicted octanol–water partition coefficient (Wildman–Crippen LogP) is 1.85. The molecule has 8 heteroatoms. The lowest BCUT2D eigenvalue weighted by Crippen LogP contribution is -2.52. The molecule has 2 amide bonds. The fourth-order valence-electron chi connectivity index (χ4n) is 3.68. The maximum atomic E-state index is 13.6. The Morgan fingerprint density at radius 3 is 2.58 bits per heavy atom. The van der Waals surface area contributed by atoms with Crippen LogP contribution in [-0.4, -0.2) is 65.9 Å². The van der Waals surface area contributed by atoms with Crippen LogP contribution in [0.3, 0.4) is 0 Å². The van der Waals surface area contributed by atoms with E-state index in [-0.39, 0.29) is 22.8 Å². The number of carbonyl (C=O) groups excluding carboxylic acids is 2. The molecule has 2 aliphatic rings. The van der Waals surface area contributed by atoms with Gasteiger partial charge in [-0.1, -0.05) is 11.6 Å². The van der Waals surface area contributed by atoms with E-state index in [9.17, 15) is 14.0 Å². The summed E-state index contributed by atoms with van der Waals surface area (Å²) in [5.41, 5.74) is 1.01. The molecule has 0 spiro atoms. The van der Waals surface area contributed by atoms with Gasteiger partial charge in [0.2, 0.25) is 5.91 Å². The second-order valence-electron chi connectivity index (χ2n) is 6.81. The number of aromatic amines is 1. The maximum Gasteiger partial charge on any atom is 0.270 e. The summed E-state index contributed by atoms with van der Waals surface area (Å²) in [6.07, 6.45) is 0.879. The van der Waals surface area contributed by atoms with Crippen LogP contribution < -0.4 is 5.32 Å². The summed E-state index contributed by atoms with van der Waals surface area (Å²) in [4.78, 5) is 31.8. The summed E-state index contributed by atoms with van der Waals surface area (Å²) < 4.78 is 13.6. The molecule has 0 saturated carbocycles. The van der Waals surface area contributed by atoms with Crippen LogP contribution in [0.15, 0.2) is 18.2 Å². The van der Waals surface area contributed by atoms with Crippen molar-refractivity contribution in [2.45, 2.75) is 6.42 Å². The number of fused-ring (bicyclic) bond motifs is 1. The SMILES string of the molecule is O=C(c1cc2c(Cl)c(F)ccc2[nH]1)N1CCN(C(=O)[C@@H]2CCNC2)CC1. The maximum absolute atomic E-state index is 13.6. The lowest BCUT2D eigenvalue weighted by Gasteiger charge is -2.35. The number of hydrogen-bond acceptors (Lipinski definition) is 3. The molecule has 26 heavy (non-hydrogen) atoms. The normalized spacial score (nSPS) is 20.8. The minimum absolute atomic E-state index is 0.0124. The van der Waals surface area contributed by atoms with E-state index in [2.05, 4.69) is 10.3 Å². The Morgan fingerprint density at radius 2 is 1.88 bits per heavy atom. The molecule has 138 valence electrons. The van der Waals surface area contributed by atoms with E-state index < -0.39 is 5.82 Å². The minimum Gasteiger partial charge on any atom is -0.350 e. The molecular weight excluding hydrogens is 359 g/mol. The van der Waals surface area contributed by atoms with Gasteiger partial charge in [-0.05, 0) is 31.2 Å². The topological polar surface area (TPSA) is 68.4 Å². The third-order valence-electron chi connectivity index (χ3n) is 5.21. The smallest absolute Gasteiger partial charge is 0.270 e. The van der Waals surface area contributed by atoms with Gasteiger partial charge in [-0.25, -0.2) is 4.39 Å². The Morgan fingerprint density at radius 1 is 1.15 bits per heavy atom. The molecule has 2 fully saturated rings. The van der Waals surface area contributed by atoms with Gasteiger partial charge in [0.15, 0.2) is 0 Å². The third-order valence-corrected chi connectivity index (χ3v) is 5.59. The number of H-pyrrole nitrogens is 1. The Balaban J connectivity index is 1.43. The lowest BCUT2D eigenvalue weighted by molar-refractivity contribution is -0.136. The average molecular weight is 379 g/mol. The summed E-state index contributed by atoms with van der Waals surface area (Å²) in [6.45, 7) is 3.68. The van der Waals surface area contributed by atoms with Gasteiger partial charge in [0, 0.05) is 43.6 Å².